The summed E-state index contributed by atoms with van der Waals surface area (Å²) in [5, 5.41) is 4.25. The van der Waals surface area contributed by atoms with Crippen LogP contribution >= 0.6 is 11.8 Å². The molecule has 0 amide bonds. The molecule has 0 radical (unpaired) electrons. The summed E-state index contributed by atoms with van der Waals surface area (Å²) in [6, 6.07) is 0. The van der Waals surface area contributed by atoms with Crippen molar-refractivity contribution in [3.05, 3.63) is 0 Å². The molecule has 0 aromatic rings. The second-order valence-corrected chi connectivity index (χ2v) is 4.24. The zero-order valence-electron chi connectivity index (χ0n) is 7.14. The molecule has 66 valence electrons. The minimum Gasteiger partial charge on any atom is -0.383 e. The minimum atomic E-state index is 0.831. The topological polar surface area (TPSA) is 21.3 Å². The first-order valence-electron chi connectivity index (χ1n) is 4.24. The average molecular weight is 175 g/mol. The molecule has 0 spiro atoms. The van der Waals surface area contributed by atoms with Crippen molar-refractivity contribution in [1.29, 1.82) is 0 Å². The van der Waals surface area contributed by atoms with E-state index in [0.717, 1.165) is 24.9 Å². The highest BCUT2D eigenvalue weighted by Crippen LogP contribution is 2.24. The predicted molar refractivity (Wildman–Crippen MR) is 50.2 cm³/mol. The fourth-order valence-corrected chi connectivity index (χ4v) is 2.48. The van der Waals surface area contributed by atoms with Crippen molar-refractivity contribution in [3.8, 4) is 0 Å². The van der Waals surface area contributed by atoms with Gasteiger partial charge in [0.2, 0.25) is 0 Å². The Morgan fingerprint density at radius 3 is 3.18 bits per heavy atom. The van der Waals surface area contributed by atoms with Crippen LogP contribution in [0.5, 0.6) is 0 Å². The van der Waals surface area contributed by atoms with Gasteiger partial charge in [0, 0.05) is 25.4 Å². The van der Waals surface area contributed by atoms with Crippen LogP contribution in [0, 0.1) is 0 Å². The van der Waals surface area contributed by atoms with E-state index in [1.54, 1.807) is 7.11 Å². The van der Waals surface area contributed by atoms with Gasteiger partial charge >= 0.3 is 0 Å². The molecule has 2 nitrogen and oxygen atoms in total. The molecule has 1 fully saturated rings. The normalized spacial score (nSPS) is 24.3. The van der Waals surface area contributed by atoms with Crippen molar-refractivity contribution in [1.82, 2.24) is 5.32 Å². The smallest absolute Gasteiger partial charge is 0.0587 e. The summed E-state index contributed by atoms with van der Waals surface area (Å²) in [5.74, 6) is 1.36. The maximum Gasteiger partial charge on any atom is 0.0587 e. The molecule has 1 N–H and O–H groups in total. The van der Waals surface area contributed by atoms with Gasteiger partial charge < -0.3 is 10.1 Å². The van der Waals surface area contributed by atoms with Gasteiger partial charge in [0.05, 0.1) is 6.61 Å². The summed E-state index contributed by atoms with van der Waals surface area (Å²) >= 11 is 2.10. The van der Waals surface area contributed by atoms with Gasteiger partial charge in [0.1, 0.15) is 0 Å². The van der Waals surface area contributed by atoms with Gasteiger partial charge in [0.25, 0.3) is 0 Å². The van der Waals surface area contributed by atoms with E-state index in [4.69, 9.17) is 4.74 Å². The lowest BCUT2D eigenvalue weighted by Gasteiger charge is -2.08. The van der Waals surface area contributed by atoms with Gasteiger partial charge in [-0.05, 0) is 18.6 Å². The van der Waals surface area contributed by atoms with Crippen molar-refractivity contribution in [3.63, 3.8) is 0 Å². The molecule has 0 bridgehead atoms. The molecule has 1 saturated heterocycles. The highest BCUT2D eigenvalue weighted by Gasteiger charge is 2.13. The fraction of sp³-hybridized carbons (Fsp3) is 1.00. The number of hydrogen-bond donors (Lipinski definition) is 1. The van der Waals surface area contributed by atoms with Crippen LogP contribution in [0.2, 0.25) is 0 Å². The van der Waals surface area contributed by atoms with E-state index < -0.39 is 0 Å². The number of ether oxygens (including phenoxy) is 1. The molecule has 0 aromatic carbocycles. The Labute approximate surface area is 73.1 Å². The highest BCUT2D eigenvalue weighted by atomic mass is 32.2. The first-order valence-corrected chi connectivity index (χ1v) is 5.29. The SMILES string of the molecule is COCCNCC1CCCS1. The van der Waals surface area contributed by atoms with E-state index in [9.17, 15) is 0 Å². The van der Waals surface area contributed by atoms with Crippen LogP contribution < -0.4 is 5.32 Å². The summed E-state index contributed by atoms with van der Waals surface area (Å²) < 4.78 is 4.94. The van der Waals surface area contributed by atoms with Crippen LogP contribution in [0.15, 0.2) is 0 Å². The summed E-state index contributed by atoms with van der Waals surface area (Å²) in [5.41, 5.74) is 0. The standard InChI is InChI=1S/C8H17NOS/c1-10-5-4-9-7-8-3-2-6-11-8/h8-9H,2-7H2,1H3. The quantitative estimate of drug-likeness (QED) is 0.633. The predicted octanol–water partition coefficient (Wildman–Crippen LogP) is 1.12. The summed E-state index contributed by atoms with van der Waals surface area (Å²) in [4.78, 5) is 0. The van der Waals surface area contributed by atoms with Crippen molar-refractivity contribution in [2.75, 3.05) is 32.6 Å². The number of methoxy groups -OCH3 is 1. The third-order valence-electron chi connectivity index (χ3n) is 1.88. The van der Waals surface area contributed by atoms with Gasteiger partial charge in [-0.3, -0.25) is 0 Å². The second-order valence-electron chi connectivity index (χ2n) is 2.83. The minimum absolute atomic E-state index is 0.831. The molecule has 1 heterocycles. The maximum absolute atomic E-state index is 4.94. The Kier molecular flexibility index (Phi) is 4.99. The van der Waals surface area contributed by atoms with Crippen LogP contribution in [0.25, 0.3) is 0 Å². The molecule has 1 unspecified atom stereocenters. The third kappa shape index (κ3) is 3.99. The summed E-state index contributed by atoms with van der Waals surface area (Å²) in [6.07, 6.45) is 2.80. The van der Waals surface area contributed by atoms with E-state index >= 15 is 0 Å². The third-order valence-corrected chi connectivity index (χ3v) is 3.28. The molecule has 11 heavy (non-hydrogen) atoms. The monoisotopic (exact) mass is 175 g/mol. The van der Waals surface area contributed by atoms with Crippen LogP contribution in [0.3, 0.4) is 0 Å². The molecule has 1 rings (SSSR count). The lowest BCUT2D eigenvalue weighted by molar-refractivity contribution is 0.199. The Morgan fingerprint density at radius 2 is 2.55 bits per heavy atom. The Balaban J connectivity index is 1.86. The number of hydrogen-bond acceptors (Lipinski definition) is 3. The zero-order chi connectivity index (χ0) is 7.94. The molecule has 0 aliphatic carbocycles. The first kappa shape index (κ1) is 9.36. The molecular formula is C8H17NOS. The van der Waals surface area contributed by atoms with Crippen molar-refractivity contribution in [2.45, 2.75) is 18.1 Å². The molecule has 3 heteroatoms. The molecule has 1 atom stereocenters. The van der Waals surface area contributed by atoms with Crippen molar-refractivity contribution < 1.29 is 4.74 Å². The molecule has 1 aliphatic heterocycles. The largest absolute Gasteiger partial charge is 0.383 e. The van der Waals surface area contributed by atoms with Crippen LogP contribution in [0.1, 0.15) is 12.8 Å². The molecule has 1 aliphatic rings. The van der Waals surface area contributed by atoms with E-state index in [1.165, 1.54) is 18.6 Å². The Bertz CT molecular complexity index is 94.1. The maximum atomic E-state index is 4.94. The van der Waals surface area contributed by atoms with Crippen LogP contribution in [-0.2, 0) is 4.74 Å². The lowest BCUT2D eigenvalue weighted by atomic mass is 10.2. The second kappa shape index (κ2) is 5.86. The Morgan fingerprint density at radius 1 is 1.64 bits per heavy atom. The average Bonchev–Trinajstić information content (AvgIpc) is 2.50. The lowest BCUT2D eigenvalue weighted by Crippen LogP contribution is -2.26. The number of nitrogens with one attached hydrogen (secondary N) is 1. The number of rotatable bonds is 5. The summed E-state index contributed by atoms with van der Waals surface area (Å²) in [6.45, 7) is 2.99. The van der Waals surface area contributed by atoms with Gasteiger partial charge in [-0.1, -0.05) is 0 Å². The summed E-state index contributed by atoms with van der Waals surface area (Å²) in [7, 11) is 1.74. The van der Waals surface area contributed by atoms with Gasteiger partial charge in [-0.15, -0.1) is 0 Å². The van der Waals surface area contributed by atoms with E-state index in [-0.39, 0.29) is 0 Å². The zero-order valence-corrected chi connectivity index (χ0v) is 7.95. The van der Waals surface area contributed by atoms with Crippen molar-refractivity contribution in [2.24, 2.45) is 0 Å². The van der Waals surface area contributed by atoms with E-state index in [1.807, 2.05) is 0 Å². The number of thioether (sulfide) groups is 1. The van der Waals surface area contributed by atoms with E-state index in [0.29, 0.717) is 0 Å². The van der Waals surface area contributed by atoms with Gasteiger partial charge in [-0.25, -0.2) is 0 Å². The van der Waals surface area contributed by atoms with Gasteiger partial charge in [-0.2, -0.15) is 11.8 Å². The molecular weight excluding hydrogens is 158 g/mol. The molecule has 0 aromatic heterocycles. The van der Waals surface area contributed by atoms with Crippen molar-refractivity contribution >= 4 is 11.8 Å². The highest BCUT2D eigenvalue weighted by molar-refractivity contribution is 8.00. The van der Waals surface area contributed by atoms with Crippen LogP contribution in [0.4, 0.5) is 0 Å². The fourth-order valence-electron chi connectivity index (χ4n) is 1.24. The first-order chi connectivity index (χ1) is 5.43. The Hall–Kier alpha value is 0.270. The molecule has 0 saturated carbocycles. The van der Waals surface area contributed by atoms with E-state index in [2.05, 4.69) is 17.1 Å². The van der Waals surface area contributed by atoms with Gasteiger partial charge in [0.15, 0.2) is 0 Å². The van der Waals surface area contributed by atoms with Crippen LogP contribution in [-0.4, -0.2) is 37.8 Å².